The summed E-state index contributed by atoms with van der Waals surface area (Å²) < 4.78 is 4.45. The van der Waals surface area contributed by atoms with Crippen LogP contribution in [0.4, 0.5) is 0 Å². The molecule has 0 bridgehead atoms. The average Bonchev–Trinajstić information content (AvgIpc) is 2.58. The minimum absolute atomic E-state index is 0.0338. The number of carbonyl (C=O) groups is 2. The second-order valence-electron chi connectivity index (χ2n) is 3.81. The molecule has 1 heterocycles. The van der Waals surface area contributed by atoms with Crippen molar-refractivity contribution in [2.75, 3.05) is 0 Å². The molecule has 0 saturated heterocycles. The zero-order valence-corrected chi connectivity index (χ0v) is 8.55. The van der Waals surface area contributed by atoms with Gasteiger partial charge in [0.2, 0.25) is 6.29 Å². The van der Waals surface area contributed by atoms with Crippen molar-refractivity contribution < 1.29 is 24.5 Å². The van der Waals surface area contributed by atoms with Gasteiger partial charge in [0, 0.05) is 23.6 Å². The second-order valence-corrected chi connectivity index (χ2v) is 3.81. The Morgan fingerprint density at radius 2 is 2.19 bits per heavy atom. The fourth-order valence-corrected chi connectivity index (χ4v) is 1.86. The summed E-state index contributed by atoms with van der Waals surface area (Å²) in [6.45, 7) is 0. The number of Topliss-reactive ketones (excluding diaryl/α,β-unsaturated/α-hetero) is 1. The first-order valence-electron chi connectivity index (χ1n) is 5.11. The van der Waals surface area contributed by atoms with Crippen LogP contribution in [0.2, 0.25) is 0 Å². The lowest BCUT2D eigenvalue weighted by molar-refractivity contribution is -0.151. The van der Waals surface area contributed by atoms with Gasteiger partial charge in [0.15, 0.2) is 5.78 Å². The van der Waals surface area contributed by atoms with E-state index in [0.29, 0.717) is 6.42 Å². The Bertz CT molecular complexity index is 393. The Labute approximate surface area is 92.0 Å². The number of carbonyl (C=O) groups excluding carboxylic acids is 2. The Kier molecular flexibility index (Phi) is 2.89. The lowest BCUT2D eigenvalue weighted by Crippen LogP contribution is -2.27. The molecule has 16 heavy (non-hydrogen) atoms. The number of ketones is 1. The monoisotopic (exact) mass is 224 g/mol. The molecule has 2 atom stereocenters. The predicted octanol–water partition coefficient (Wildman–Crippen LogP) is -0.172. The molecular weight excluding hydrogens is 212 g/mol. The largest absolute Gasteiger partial charge is 0.429 e. The van der Waals surface area contributed by atoms with Gasteiger partial charge in [-0.15, -0.1) is 0 Å². The highest BCUT2D eigenvalue weighted by Gasteiger charge is 2.33. The third kappa shape index (κ3) is 1.91. The van der Waals surface area contributed by atoms with E-state index in [1.54, 1.807) is 6.08 Å². The van der Waals surface area contributed by atoms with Gasteiger partial charge >= 0.3 is 5.97 Å². The number of allylic oxidation sites excluding steroid dienone is 1. The van der Waals surface area contributed by atoms with Crippen molar-refractivity contribution in [3.05, 3.63) is 23.3 Å². The van der Waals surface area contributed by atoms with Gasteiger partial charge in [0.25, 0.3) is 0 Å². The lowest BCUT2D eigenvalue weighted by Gasteiger charge is -2.19. The maximum Gasteiger partial charge on any atom is 0.333 e. The summed E-state index contributed by atoms with van der Waals surface area (Å²) >= 11 is 0. The molecular formula is C11H12O5. The third-order valence-corrected chi connectivity index (χ3v) is 2.70. The first-order valence-corrected chi connectivity index (χ1v) is 5.11. The van der Waals surface area contributed by atoms with Crippen molar-refractivity contribution >= 4 is 11.8 Å². The van der Waals surface area contributed by atoms with E-state index in [9.17, 15) is 19.8 Å². The Morgan fingerprint density at radius 1 is 1.44 bits per heavy atom. The molecule has 1 aliphatic heterocycles. The fourth-order valence-electron chi connectivity index (χ4n) is 1.86. The van der Waals surface area contributed by atoms with Crippen LogP contribution in [0.5, 0.6) is 0 Å². The van der Waals surface area contributed by atoms with Crippen molar-refractivity contribution in [1.29, 1.82) is 0 Å². The molecule has 2 aliphatic rings. The standard InChI is InChI=1S/C11H12O5/c12-8-4-2-1-3-6(8)10(14)7-5-9(13)16-11(7)15/h3,5,10-11,14-15H,1-2,4H2. The summed E-state index contributed by atoms with van der Waals surface area (Å²) in [6.07, 6.45) is 1.86. The number of hydrogen-bond acceptors (Lipinski definition) is 5. The first kappa shape index (κ1) is 11.0. The molecule has 2 unspecified atom stereocenters. The SMILES string of the molecule is O=C1C=C(C(O)C2=CCCCC2=O)C(O)O1. The van der Waals surface area contributed by atoms with Gasteiger partial charge in [-0.3, -0.25) is 4.79 Å². The molecule has 0 fully saturated rings. The predicted molar refractivity (Wildman–Crippen MR) is 53.1 cm³/mol. The number of esters is 1. The fraction of sp³-hybridized carbons (Fsp3) is 0.455. The van der Waals surface area contributed by atoms with Gasteiger partial charge in [-0.2, -0.15) is 0 Å². The van der Waals surface area contributed by atoms with Gasteiger partial charge in [-0.05, 0) is 12.8 Å². The van der Waals surface area contributed by atoms with Crippen LogP contribution in [0.15, 0.2) is 23.3 Å². The van der Waals surface area contributed by atoms with Crippen LogP contribution in [0.1, 0.15) is 19.3 Å². The molecule has 0 aromatic rings. The lowest BCUT2D eigenvalue weighted by atomic mass is 9.90. The normalized spacial score (nSPS) is 27.2. The summed E-state index contributed by atoms with van der Waals surface area (Å²) in [5.74, 6) is -0.850. The highest BCUT2D eigenvalue weighted by atomic mass is 16.6. The molecule has 0 saturated carbocycles. The number of cyclic esters (lactones) is 1. The zero-order chi connectivity index (χ0) is 11.7. The third-order valence-electron chi connectivity index (χ3n) is 2.70. The highest BCUT2D eigenvalue weighted by Crippen LogP contribution is 2.26. The van der Waals surface area contributed by atoms with Crippen LogP contribution in [-0.4, -0.2) is 34.4 Å². The summed E-state index contributed by atoms with van der Waals surface area (Å²) in [7, 11) is 0. The van der Waals surface area contributed by atoms with Crippen LogP contribution in [0.3, 0.4) is 0 Å². The molecule has 0 amide bonds. The molecule has 86 valence electrons. The number of rotatable bonds is 2. The smallest absolute Gasteiger partial charge is 0.333 e. The van der Waals surface area contributed by atoms with Crippen LogP contribution >= 0.6 is 0 Å². The highest BCUT2D eigenvalue weighted by molar-refractivity contribution is 5.98. The minimum Gasteiger partial charge on any atom is -0.429 e. The van der Waals surface area contributed by atoms with Gasteiger partial charge in [-0.1, -0.05) is 6.08 Å². The van der Waals surface area contributed by atoms with E-state index in [1.165, 1.54) is 0 Å². The second kappa shape index (κ2) is 4.19. The van der Waals surface area contributed by atoms with Gasteiger partial charge in [0.05, 0.1) is 0 Å². The molecule has 2 rings (SSSR count). The maximum absolute atomic E-state index is 11.5. The van der Waals surface area contributed by atoms with E-state index >= 15 is 0 Å². The molecule has 5 heteroatoms. The molecule has 0 aromatic heterocycles. The van der Waals surface area contributed by atoms with E-state index < -0.39 is 18.4 Å². The minimum atomic E-state index is -1.45. The first-order chi connectivity index (χ1) is 7.59. The van der Waals surface area contributed by atoms with Crippen molar-refractivity contribution in [2.24, 2.45) is 0 Å². The molecule has 0 aromatic carbocycles. The number of aliphatic hydroxyl groups excluding tert-OH is 2. The van der Waals surface area contributed by atoms with Crippen LogP contribution in [-0.2, 0) is 14.3 Å². The Balaban J connectivity index is 2.22. The van der Waals surface area contributed by atoms with E-state index in [2.05, 4.69) is 4.74 Å². The number of aliphatic hydroxyl groups is 2. The van der Waals surface area contributed by atoms with Gasteiger partial charge in [0.1, 0.15) is 6.10 Å². The van der Waals surface area contributed by atoms with Gasteiger partial charge in [-0.25, -0.2) is 4.79 Å². The summed E-state index contributed by atoms with van der Waals surface area (Å²) in [5, 5.41) is 19.2. The van der Waals surface area contributed by atoms with Crippen LogP contribution < -0.4 is 0 Å². The van der Waals surface area contributed by atoms with Crippen LogP contribution in [0.25, 0.3) is 0 Å². The summed E-state index contributed by atoms with van der Waals surface area (Å²) in [5.41, 5.74) is 0.279. The molecule has 5 nitrogen and oxygen atoms in total. The van der Waals surface area contributed by atoms with Crippen molar-refractivity contribution in [3.8, 4) is 0 Å². The maximum atomic E-state index is 11.5. The quantitative estimate of drug-likeness (QED) is 0.636. The van der Waals surface area contributed by atoms with E-state index in [4.69, 9.17) is 0 Å². The topological polar surface area (TPSA) is 83.8 Å². The van der Waals surface area contributed by atoms with Crippen molar-refractivity contribution in [3.63, 3.8) is 0 Å². The van der Waals surface area contributed by atoms with E-state index in [1.807, 2.05) is 0 Å². The van der Waals surface area contributed by atoms with E-state index in [-0.39, 0.29) is 16.9 Å². The zero-order valence-electron chi connectivity index (χ0n) is 8.55. The number of hydrogen-bond donors (Lipinski definition) is 2. The molecule has 0 radical (unpaired) electrons. The Morgan fingerprint density at radius 3 is 2.75 bits per heavy atom. The van der Waals surface area contributed by atoms with E-state index in [0.717, 1.165) is 18.9 Å². The molecule has 0 spiro atoms. The number of ether oxygens (including phenoxy) is 1. The Hall–Kier alpha value is -1.46. The van der Waals surface area contributed by atoms with Crippen molar-refractivity contribution in [2.45, 2.75) is 31.7 Å². The average molecular weight is 224 g/mol. The molecule has 2 N–H and O–H groups in total. The summed E-state index contributed by atoms with van der Waals surface area (Å²) in [6, 6.07) is 0. The van der Waals surface area contributed by atoms with Crippen molar-refractivity contribution in [1.82, 2.24) is 0 Å². The molecule has 1 aliphatic carbocycles. The van der Waals surface area contributed by atoms with Gasteiger partial charge < -0.3 is 14.9 Å². The summed E-state index contributed by atoms with van der Waals surface area (Å²) in [4.78, 5) is 22.4. The van der Waals surface area contributed by atoms with Crippen LogP contribution in [0, 0.1) is 0 Å².